The van der Waals surface area contributed by atoms with E-state index in [-0.39, 0.29) is 0 Å². The molecule has 0 aliphatic carbocycles. The molecule has 66 valence electrons. The molecule has 0 saturated carbocycles. The molecule has 0 bridgehead atoms. The van der Waals surface area contributed by atoms with Gasteiger partial charge >= 0.3 is 0 Å². The lowest BCUT2D eigenvalue weighted by molar-refractivity contribution is 0.926. The fraction of sp³-hybridized carbons (Fsp3) is 0.125. The van der Waals surface area contributed by atoms with Gasteiger partial charge in [-0.25, -0.2) is 15.0 Å². The number of aromatic nitrogens is 4. The Balaban J connectivity index is 2.87. The number of nitrogens with two attached hydrogens (primary N) is 1. The Morgan fingerprint density at radius 3 is 3.00 bits per heavy atom. The molecule has 13 heavy (non-hydrogen) atoms. The zero-order valence-electron chi connectivity index (χ0n) is 7.23. The molecule has 0 aliphatic rings. The van der Waals surface area contributed by atoms with Crippen molar-refractivity contribution in [3.63, 3.8) is 0 Å². The van der Waals surface area contributed by atoms with Crippen LogP contribution >= 0.6 is 0 Å². The standard InChI is InChI=1S/C8H9N5/c1-3-5-11-7(9)6-8(12-5)13(2)4-10-6/h3-4H,1H2,2H3,(H2,9,11,12). The zero-order chi connectivity index (χ0) is 9.42. The van der Waals surface area contributed by atoms with Gasteiger partial charge < -0.3 is 10.3 Å². The number of hydrogen-bond acceptors (Lipinski definition) is 4. The highest BCUT2D eigenvalue weighted by Crippen LogP contribution is 2.14. The smallest absolute Gasteiger partial charge is 0.165 e. The minimum Gasteiger partial charge on any atom is -0.382 e. The maximum absolute atomic E-state index is 5.67. The molecule has 2 rings (SSSR count). The second-order valence-electron chi connectivity index (χ2n) is 2.70. The topological polar surface area (TPSA) is 69.6 Å². The van der Waals surface area contributed by atoms with Crippen molar-refractivity contribution in [1.29, 1.82) is 0 Å². The van der Waals surface area contributed by atoms with Gasteiger partial charge in [0.05, 0.1) is 6.33 Å². The van der Waals surface area contributed by atoms with Crippen molar-refractivity contribution in [2.24, 2.45) is 7.05 Å². The molecule has 5 nitrogen and oxygen atoms in total. The maximum Gasteiger partial charge on any atom is 0.165 e. The summed E-state index contributed by atoms with van der Waals surface area (Å²) in [4.78, 5) is 12.3. The SMILES string of the molecule is C=Cc1nc(N)c2ncn(C)c2n1. The first kappa shape index (κ1) is 7.72. The van der Waals surface area contributed by atoms with E-state index in [4.69, 9.17) is 5.73 Å². The Hall–Kier alpha value is -1.91. The molecule has 2 aromatic rings. The van der Waals surface area contributed by atoms with Crippen LogP contribution in [-0.2, 0) is 7.05 Å². The van der Waals surface area contributed by atoms with Gasteiger partial charge in [-0.1, -0.05) is 6.58 Å². The Morgan fingerprint density at radius 1 is 1.54 bits per heavy atom. The lowest BCUT2D eigenvalue weighted by atomic mass is 10.4. The van der Waals surface area contributed by atoms with E-state index < -0.39 is 0 Å². The van der Waals surface area contributed by atoms with Crippen molar-refractivity contribution >= 4 is 23.1 Å². The van der Waals surface area contributed by atoms with E-state index in [9.17, 15) is 0 Å². The van der Waals surface area contributed by atoms with Crippen LogP contribution in [0.2, 0.25) is 0 Å². The first-order valence-electron chi connectivity index (χ1n) is 3.79. The molecular weight excluding hydrogens is 166 g/mol. The van der Waals surface area contributed by atoms with E-state index in [1.165, 1.54) is 0 Å². The van der Waals surface area contributed by atoms with Crippen molar-refractivity contribution in [2.75, 3.05) is 5.73 Å². The minimum absolute atomic E-state index is 0.389. The zero-order valence-corrected chi connectivity index (χ0v) is 7.23. The van der Waals surface area contributed by atoms with E-state index in [0.717, 1.165) is 5.65 Å². The lowest BCUT2D eigenvalue weighted by Crippen LogP contribution is -1.98. The molecule has 0 fully saturated rings. The number of imidazole rings is 1. The molecule has 2 aromatic heterocycles. The summed E-state index contributed by atoms with van der Waals surface area (Å²) in [5.41, 5.74) is 7.03. The second kappa shape index (κ2) is 2.55. The van der Waals surface area contributed by atoms with Crippen LogP contribution in [-0.4, -0.2) is 19.5 Å². The van der Waals surface area contributed by atoms with Gasteiger partial charge in [0, 0.05) is 7.05 Å². The van der Waals surface area contributed by atoms with Gasteiger partial charge in [-0.3, -0.25) is 0 Å². The van der Waals surface area contributed by atoms with Crippen LogP contribution in [0, 0.1) is 0 Å². The maximum atomic E-state index is 5.67. The minimum atomic E-state index is 0.389. The molecule has 0 amide bonds. The van der Waals surface area contributed by atoms with Crippen LogP contribution in [0.1, 0.15) is 5.82 Å². The Labute approximate surface area is 74.9 Å². The van der Waals surface area contributed by atoms with Gasteiger partial charge in [-0.15, -0.1) is 0 Å². The molecule has 0 saturated heterocycles. The Morgan fingerprint density at radius 2 is 2.31 bits per heavy atom. The largest absolute Gasteiger partial charge is 0.382 e. The normalized spacial score (nSPS) is 10.5. The van der Waals surface area contributed by atoms with E-state index in [0.29, 0.717) is 17.2 Å². The molecule has 5 heteroatoms. The average molecular weight is 175 g/mol. The number of anilines is 1. The second-order valence-corrected chi connectivity index (χ2v) is 2.70. The van der Waals surface area contributed by atoms with Crippen LogP contribution in [0.5, 0.6) is 0 Å². The van der Waals surface area contributed by atoms with Crippen LogP contribution in [0.25, 0.3) is 17.2 Å². The molecular formula is C8H9N5. The van der Waals surface area contributed by atoms with Crippen LogP contribution in [0.4, 0.5) is 5.82 Å². The third-order valence-electron chi connectivity index (χ3n) is 1.79. The third kappa shape index (κ3) is 1.05. The van der Waals surface area contributed by atoms with Crippen LogP contribution in [0.15, 0.2) is 12.9 Å². The van der Waals surface area contributed by atoms with Crippen molar-refractivity contribution in [3.05, 3.63) is 18.7 Å². The summed E-state index contributed by atoms with van der Waals surface area (Å²) in [6, 6.07) is 0. The third-order valence-corrected chi connectivity index (χ3v) is 1.79. The lowest BCUT2D eigenvalue weighted by Gasteiger charge is -1.97. The van der Waals surface area contributed by atoms with E-state index in [1.807, 2.05) is 7.05 Å². The summed E-state index contributed by atoms with van der Waals surface area (Å²) in [5.74, 6) is 0.911. The summed E-state index contributed by atoms with van der Waals surface area (Å²) in [5, 5.41) is 0. The van der Waals surface area contributed by atoms with Crippen molar-refractivity contribution in [1.82, 2.24) is 19.5 Å². The van der Waals surface area contributed by atoms with Gasteiger partial charge in [-0.05, 0) is 6.08 Å². The summed E-state index contributed by atoms with van der Waals surface area (Å²) in [7, 11) is 1.86. The number of nitrogen functional groups attached to an aromatic ring is 1. The van der Waals surface area contributed by atoms with Crippen molar-refractivity contribution in [3.8, 4) is 0 Å². The number of aryl methyl sites for hydroxylation is 1. The van der Waals surface area contributed by atoms with Crippen LogP contribution in [0.3, 0.4) is 0 Å². The van der Waals surface area contributed by atoms with Crippen molar-refractivity contribution in [2.45, 2.75) is 0 Å². The molecule has 0 aliphatic heterocycles. The fourth-order valence-electron chi connectivity index (χ4n) is 1.14. The van der Waals surface area contributed by atoms with Gasteiger partial charge in [0.2, 0.25) is 0 Å². The summed E-state index contributed by atoms with van der Waals surface area (Å²) in [6.07, 6.45) is 3.21. The first-order chi connectivity index (χ1) is 6.22. The number of fused-ring (bicyclic) bond motifs is 1. The molecule has 2 heterocycles. The molecule has 0 radical (unpaired) electrons. The summed E-state index contributed by atoms with van der Waals surface area (Å²) >= 11 is 0. The summed E-state index contributed by atoms with van der Waals surface area (Å²) in [6.45, 7) is 3.58. The highest BCUT2D eigenvalue weighted by atomic mass is 15.1. The van der Waals surface area contributed by atoms with Gasteiger partial charge in [0.15, 0.2) is 17.3 Å². The number of hydrogen-bond donors (Lipinski definition) is 1. The monoisotopic (exact) mass is 175 g/mol. The number of rotatable bonds is 1. The predicted molar refractivity (Wildman–Crippen MR) is 50.8 cm³/mol. The highest BCUT2D eigenvalue weighted by molar-refractivity contribution is 5.82. The van der Waals surface area contributed by atoms with Crippen molar-refractivity contribution < 1.29 is 0 Å². The highest BCUT2D eigenvalue weighted by Gasteiger charge is 2.06. The number of nitrogens with zero attached hydrogens (tertiary/aromatic N) is 4. The van der Waals surface area contributed by atoms with E-state index in [2.05, 4.69) is 21.5 Å². The molecule has 0 unspecified atom stereocenters. The fourth-order valence-corrected chi connectivity index (χ4v) is 1.14. The van der Waals surface area contributed by atoms with E-state index in [1.54, 1.807) is 17.0 Å². The average Bonchev–Trinajstić information content (AvgIpc) is 2.48. The van der Waals surface area contributed by atoms with E-state index >= 15 is 0 Å². The van der Waals surface area contributed by atoms with Gasteiger partial charge in [0.25, 0.3) is 0 Å². The Kier molecular flexibility index (Phi) is 1.51. The molecule has 0 aromatic carbocycles. The van der Waals surface area contributed by atoms with Crippen LogP contribution < -0.4 is 5.73 Å². The predicted octanol–water partition coefficient (Wildman–Crippen LogP) is 0.589. The summed E-state index contributed by atoms with van der Waals surface area (Å²) < 4.78 is 1.79. The van der Waals surface area contributed by atoms with Gasteiger partial charge in [-0.2, -0.15) is 0 Å². The Bertz CT molecular complexity index is 471. The quantitative estimate of drug-likeness (QED) is 0.688. The first-order valence-corrected chi connectivity index (χ1v) is 3.79. The molecule has 0 spiro atoms. The van der Waals surface area contributed by atoms with Gasteiger partial charge in [0.1, 0.15) is 5.52 Å². The molecule has 2 N–H and O–H groups in total. The molecule has 0 atom stereocenters.